The number of rotatable bonds is 7. The van der Waals surface area contributed by atoms with Crippen LogP contribution in [0.2, 0.25) is 0 Å². The van der Waals surface area contributed by atoms with Gasteiger partial charge < -0.3 is 9.47 Å². The van der Waals surface area contributed by atoms with Gasteiger partial charge in [-0.1, -0.05) is 39.0 Å². The van der Waals surface area contributed by atoms with Gasteiger partial charge in [-0.3, -0.25) is 4.79 Å². The predicted octanol–water partition coefficient (Wildman–Crippen LogP) is 5.09. The maximum absolute atomic E-state index is 14.0. The fraction of sp³-hybridized carbons (Fsp3) is 0.458. The summed E-state index contributed by atoms with van der Waals surface area (Å²) in [6.07, 6.45) is 3.08. The van der Waals surface area contributed by atoms with Crippen LogP contribution in [0.4, 0.5) is 0 Å². The second kappa shape index (κ2) is 9.12. The summed E-state index contributed by atoms with van der Waals surface area (Å²) in [5.41, 5.74) is 1.81. The van der Waals surface area contributed by atoms with Crippen LogP contribution in [0.25, 0.3) is 21.7 Å². The summed E-state index contributed by atoms with van der Waals surface area (Å²) in [7, 11) is 1.63. The molecule has 0 spiro atoms. The first kappa shape index (κ1) is 22.4. The Labute approximate surface area is 200 Å². The molecule has 4 heterocycles. The van der Waals surface area contributed by atoms with Crippen molar-refractivity contribution in [3.8, 4) is 11.4 Å². The number of nitrogens with zero attached hydrogens (tertiary/aromatic N) is 4. The molecule has 1 aromatic carbocycles. The molecule has 5 rings (SSSR count). The molecule has 0 saturated heterocycles. The molecule has 174 valence electrons. The predicted molar refractivity (Wildman–Crippen MR) is 133 cm³/mol. The van der Waals surface area contributed by atoms with E-state index in [2.05, 4.69) is 35.4 Å². The Morgan fingerprint density at radius 2 is 2.06 bits per heavy atom. The van der Waals surface area contributed by atoms with E-state index < -0.39 is 0 Å². The summed E-state index contributed by atoms with van der Waals surface area (Å²) in [5, 5.41) is 10.6. The van der Waals surface area contributed by atoms with Crippen LogP contribution in [0.15, 0.2) is 34.2 Å². The second-order valence-corrected chi connectivity index (χ2v) is 10.8. The highest BCUT2D eigenvalue weighted by Gasteiger charge is 2.30. The quantitative estimate of drug-likeness (QED) is 0.269. The van der Waals surface area contributed by atoms with E-state index in [0.29, 0.717) is 18.3 Å². The van der Waals surface area contributed by atoms with Gasteiger partial charge in [0.15, 0.2) is 5.16 Å². The number of aromatic nitrogens is 4. The van der Waals surface area contributed by atoms with Gasteiger partial charge in [-0.25, -0.2) is 8.97 Å². The van der Waals surface area contributed by atoms with Crippen molar-refractivity contribution in [2.75, 3.05) is 12.9 Å². The molecule has 0 aliphatic carbocycles. The largest absolute Gasteiger partial charge is 0.497 e. The number of benzene rings is 1. The number of hydrogen-bond donors (Lipinski definition) is 0. The van der Waals surface area contributed by atoms with E-state index >= 15 is 0 Å². The highest BCUT2D eigenvalue weighted by atomic mass is 32.2. The Hall–Kier alpha value is -2.36. The minimum atomic E-state index is -0.0536. The van der Waals surface area contributed by atoms with E-state index in [1.165, 1.54) is 0 Å². The Balaban J connectivity index is 1.79. The SMILES string of the molecule is CCCCSc1nnc2n(-c3ccc(OC)cc3)c(=O)c3c4c(sc3n12)COC(C(C)C)C4. The van der Waals surface area contributed by atoms with Gasteiger partial charge in [0.05, 0.1) is 30.9 Å². The van der Waals surface area contributed by atoms with Gasteiger partial charge in [-0.05, 0) is 42.2 Å². The van der Waals surface area contributed by atoms with E-state index in [1.807, 2.05) is 24.3 Å². The van der Waals surface area contributed by atoms with Crippen molar-refractivity contribution >= 4 is 39.1 Å². The first-order chi connectivity index (χ1) is 16.0. The molecule has 9 heteroatoms. The normalized spacial score (nSPS) is 16.1. The number of thiophene rings is 1. The highest BCUT2D eigenvalue weighted by Crippen LogP contribution is 2.37. The third-order valence-corrected chi connectivity index (χ3v) is 8.35. The molecule has 4 aromatic rings. The van der Waals surface area contributed by atoms with Crippen LogP contribution in [0, 0.1) is 5.92 Å². The summed E-state index contributed by atoms with van der Waals surface area (Å²) in [6.45, 7) is 7.06. The second-order valence-electron chi connectivity index (χ2n) is 8.64. The Morgan fingerprint density at radius 3 is 2.76 bits per heavy atom. The smallest absolute Gasteiger partial charge is 0.268 e. The molecule has 1 unspecified atom stereocenters. The van der Waals surface area contributed by atoms with Crippen LogP contribution in [-0.4, -0.2) is 38.1 Å². The molecule has 1 atom stereocenters. The lowest BCUT2D eigenvalue weighted by molar-refractivity contribution is 0.00200. The first-order valence-electron chi connectivity index (χ1n) is 11.4. The first-order valence-corrected chi connectivity index (χ1v) is 13.2. The molecule has 1 aliphatic heterocycles. The van der Waals surface area contributed by atoms with Crippen molar-refractivity contribution in [3.05, 3.63) is 45.1 Å². The van der Waals surface area contributed by atoms with Crippen molar-refractivity contribution in [1.29, 1.82) is 0 Å². The van der Waals surface area contributed by atoms with Crippen LogP contribution in [-0.2, 0) is 17.8 Å². The lowest BCUT2D eigenvalue weighted by atomic mass is 9.96. The van der Waals surface area contributed by atoms with Gasteiger partial charge >= 0.3 is 0 Å². The molecule has 33 heavy (non-hydrogen) atoms. The topological polar surface area (TPSA) is 70.7 Å². The van der Waals surface area contributed by atoms with Gasteiger partial charge in [0.1, 0.15) is 10.6 Å². The number of fused-ring (bicyclic) bond motifs is 5. The summed E-state index contributed by atoms with van der Waals surface area (Å²) < 4.78 is 15.2. The van der Waals surface area contributed by atoms with E-state index in [4.69, 9.17) is 9.47 Å². The third kappa shape index (κ3) is 3.86. The van der Waals surface area contributed by atoms with E-state index in [-0.39, 0.29) is 11.7 Å². The molecule has 7 nitrogen and oxygen atoms in total. The molecule has 0 amide bonds. The van der Waals surface area contributed by atoms with Gasteiger partial charge in [-0.2, -0.15) is 0 Å². The average molecular weight is 485 g/mol. The molecule has 0 fully saturated rings. The Bertz CT molecular complexity index is 1350. The van der Waals surface area contributed by atoms with Gasteiger partial charge in [0.25, 0.3) is 5.56 Å². The molecule has 0 N–H and O–H groups in total. The van der Waals surface area contributed by atoms with E-state index in [0.717, 1.165) is 62.3 Å². The van der Waals surface area contributed by atoms with Crippen LogP contribution in [0.5, 0.6) is 5.75 Å². The molecule has 3 aromatic heterocycles. The number of unbranched alkanes of at least 4 members (excludes halogenated alkanes) is 1. The molecule has 0 bridgehead atoms. The molecular weight excluding hydrogens is 456 g/mol. The summed E-state index contributed by atoms with van der Waals surface area (Å²) >= 11 is 3.33. The number of ether oxygens (including phenoxy) is 2. The van der Waals surface area contributed by atoms with E-state index in [1.54, 1.807) is 34.8 Å². The number of thioether (sulfide) groups is 1. The van der Waals surface area contributed by atoms with Crippen LogP contribution in [0.3, 0.4) is 0 Å². The molecular formula is C24H28N4O3S2. The zero-order valence-corrected chi connectivity index (χ0v) is 21.0. The average Bonchev–Trinajstić information content (AvgIpc) is 3.41. The van der Waals surface area contributed by atoms with Gasteiger partial charge in [0.2, 0.25) is 5.78 Å². The lowest BCUT2D eigenvalue weighted by Crippen LogP contribution is -2.28. The van der Waals surface area contributed by atoms with Gasteiger partial charge in [0, 0.05) is 17.1 Å². The van der Waals surface area contributed by atoms with Crippen molar-refractivity contribution in [2.24, 2.45) is 5.92 Å². The molecule has 1 aliphatic rings. The van der Waals surface area contributed by atoms with Crippen LogP contribution in [0.1, 0.15) is 44.1 Å². The standard InChI is InChI=1S/C24H28N4O3S2/c1-5-6-11-32-24-26-25-23-27(15-7-9-16(30-4)10-8-15)21(29)20-17-12-18(14(2)3)31-13-19(17)33-22(20)28(23)24/h7-10,14,18H,5-6,11-13H2,1-4H3. The Kier molecular flexibility index (Phi) is 6.20. The zero-order chi connectivity index (χ0) is 23.1. The fourth-order valence-corrected chi connectivity index (χ4v) is 6.55. The van der Waals surface area contributed by atoms with Crippen LogP contribution >= 0.6 is 23.1 Å². The highest BCUT2D eigenvalue weighted by molar-refractivity contribution is 7.99. The summed E-state index contributed by atoms with van der Waals surface area (Å²) in [4.78, 5) is 16.0. The fourth-order valence-electron chi connectivity index (χ4n) is 4.23. The maximum atomic E-state index is 14.0. The lowest BCUT2D eigenvalue weighted by Gasteiger charge is -2.26. The monoisotopic (exact) mass is 484 g/mol. The third-order valence-electron chi connectivity index (χ3n) is 6.15. The van der Waals surface area contributed by atoms with E-state index in [9.17, 15) is 4.79 Å². The Morgan fingerprint density at radius 1 is 1.27 bits per heavy atom. The molecule has 0 saturated carbocycles. The van der Waals surface area contributed by atoms with Crippen molar-refractivity contribution in [2.45, 2.75) is 57.9 Å². The molecule has 0 radical (unpaired) electrons. The summed E-state index contributed by atoms with van der Waals surface area (Å²) in [6, 6.07) is 7.51. The zero-order valence-electron chi connectivity index (χ0n) is 19.3. The number of methoxy groups -OCH3 is 1. The van der Waals surface area contributed by atoms with Crippen molar-refractivity contribution in [3.63, 3.8) is 0 Å². The van der Waals surface area contributed by atoms with Crippen molar-refractivity contribution in [1.82, 2.24) is 19.2 Å². The number of hydrogen-bond acceptors (Lipinski definition) is 7. The minimum absolute atomic E-state index is 0.0536. The summed E-state index contributed by atoms with van der Waals surface area (Å²) in [5.74, 6) is 2.63. The van der Waals surface area contributed by atoms with Crippen molar-refractivity contribution < 1.29 is 9.47 Å². The minimum Gasteiger partial charge on any atom is -0.497 e. The van der Waals surface area contributed by atoms with Crippen LogP contribution < -0.4 is 10.3 Å². The van der Waals surface area contributed by atoms with Gasteiger partial charge in [-0.15, -0.1) is 21.5 Å². The maximum Gasteiger partial charge on any atom is 0.268 e.